The minimum Gasteiger partial charge on any atom is -0.330 e. The first-order valence-electron chi connectivity index (χ1n) is 6.74. The summed E-state index contributed by atoms with van der Waals surface area (Å²) in [6, 6.07) is 0.717. The molecule has 1 unspecified atom stereocenters. The van der Waals surface area contributed by atoms with Gasteiger partial charge in [-0.3, -0.25) is 0 Å². The van der Waals surface area contributed by atoms with E-state index in [4.69, 9.17) is 5.73 Å². The second-order valence-electron chi connectivity index (χ2n) is 6.28. The van der Waals surface area contributed by atoms with Gasteiger partial charge in [-0.2, -0.15) is 0 Å². The molecule has 0 aromatic heterocycles. The molecule has 0 heterocycles. The van der Waals surface area contributed by atoms with Crippen LogP contribution < -0.4 is 5.73 Å². The molecule has 0 aromatic rings. The zero-order valence-electron chi connectivity index (χ0n) is 12.2. The SMILES string of the molecule is CCC(CC)N(C)CC(CN)CC(C)(C)C. The van der Waals surface area contributed by atoms with Crippen LogP contribution in [0.15, 0.2) is 0 Å². The van der Waals surface area contributed by atoms with Gasteiger partial charge in [0.05, 0.1) is 0 Å². The average molecular weight is 228 g/mol. The van der Waals surface area contributed by atoms with E-state index in [0.29, 0.717) is 17.4 Å². The largest absolute Gasteiger partial charge is 0.330 e. The Kier molecular flexibility index (Phi) is 7.25. The minimum atomic E-state index is 0.388. The summed E-state index contributed by atoms with van der Waals surface area (Å²) in [6.07, 6.45) is 3.69. The van der Waals surface area contributed by atoms with Gasteiger partial charge in [0.15, 0.2) is 0 Å². The smallest absolute Gasteiger partial charge is 0.00870 e. The molecule has 2 nitrogen and oxygen atoms in total. The maximum absolute atomic E-state index is 5.88. The van der Waals surface area contributed by atoms with Crippen molar-refractivity contribution in [2.24, 2.45) is 17.1 Å². The van der Waals surface area contributed by atoms with Crippen molar-refractivity contribution in [3.8, 4) is 0 Å². The molecule has 0 aliphatic heterocycles. The van der Waals surface area contributed by atoms with E-state index in [-0.39, 0.29) is 0 Å². The average Bonchev–Trinajstić information content (AvgIpc) is 2.16. The fourth-order valence-corrected chi connectivity index (χ4v) is 2.56. The molecule has 0 rings (SSSR count). The maximum Gasteiger partial charge on any atom is 0.00870 e. The lowest BCUT2D eigenvalue weighted by molar-refractivity contribution is 0.171. The summed E-state index contributed by atoms with van der Waals surface area (Å²) in [7, 11) is 2.24. The molecule has 0 aromatic carbocycles. The molecule has 98 valence electrons. The van der Waals surface area contributed by atoms with E-state index in [9.17, 15) is 0 Å². The van der Waals surface area contributed by atoms with Crippen LogP contribution in [0.3, 0.4) is 0 Å². The van der Waals surface area contributed by atoms with Gasteiger partial charge in [-0.15, -0.1) is 0 Å². The summed E-state index contributed by atoms with van der Waals surface area (Å²) in [5.41, 5.74) is 6.27. The normalized spacial score (nSPS) is 14.8. The molecule has 0 amide bonds. The van der Waals surface area contributed by atoms with E-state index in [1.807, 2.05) is 0 Å². The summed E-state index contributed by atoms with van der Waals surface area (Å²) >= 11 is 0. The summed E-state index contributed by atoms with van der Waals surface area (Å²) in [6.45, 7) is 13.4. The Morgan fingerprint density at radius 3 is 1.94 bits per heavy atom. The summed E-state index contributed by atoms with van der Waals surface area (Å²) in [5.74, 6) is 0.630. The van der Waals surface area contributed by atoms with E-state index in [2.05, 4.69) is 46.6 Å². The molecule has 0 saturated heterocycles. The Bertz CT molecular complexity index is 168. The van der Waals surface area contributed by atoms with Crippen LogP contribution in [-0.2, 0) is 0 Å². The first-order valence-corrected chi connectivity index (χ1v) is 6.74. The zero-order chi connectivity index (χ0) is 12.8. The van der Waals surface area contributed by atoms with Crippen LogP contribution in [-0.4, -0.2) is 31.1 Å². The van der Waals surface area contributed by atoms with Gasteiger partial charge in [-0.05, 0) is 44.2 Å². The van der Waals surface area contributed by atoms with Crippen LogP contribution in [0, 0.1) is 11.3 Å². The number of rotatable bonds is 7. The van der Waals surface area contributed by atoms with Gasteiger partial charge in [0.25, 0.3) is 0 Å². The lowest BCUT2D eigenvalue weighted by Crippen LogP contribution is -2.38. The van der Waals surface area contributed by atoms with Crippen LogP contribution in [0.2, 0.25) is 0 Å². The van der Waals surface area contributed by atoms with Crippen molar-refractivity contribution in [1.29, 1.82) is 0 Å². The molecule has 0 fully saturated rings. The van der Waals surface area contributed by atoms with E-state index in [1.54, 1.807) is 0 Å². The third-order valence-corrected chi connectivity index (χ3v) is 3.35. The topological polar surface area (TPSA) is 29.3 Å². The third-order valence-electron chi connectivity index (χ3n) is 3.35. The van der Waals surface area contributed by atoms with Crippen molar-refractivity contribution in [2.75, 3.05) is 20.1 Å². The lowest BCUT2D eigenvalue weighted by atomic mass is 9.84. The molecule has 0 spiro atoms. The molecule has 16 heavy (non-hydrogen) atoms. The highest BCUT2D eigenvalue weighted by Crippen LogP contribution is 2.25. The van der Waals surface area contributed by atoms with Crippen molar-refractivity contribution in [2.45, 2.75) is 59.9 Å². The minimum absolute atomic E-state index is 0.388. The van der Waals surface area contributed by atoms with Crippen LogP contribution in [0.25, 0.3) is 0 Å². The standard InChI is InChI=1S/C14H32N2/c1-7-13(8-2)16(6)11-12(10-15)9-14(3,4)5/h12-13H,7-11,15H2,1-6H3. The quantitative estimate of drug-likeness (QED) is 0.725. The third kappa shape index (κ3) is 6.49. The van der Waals surface area contributed by atoms with E-state index in [0.717, 1.165) is 13.1 Å². The number of hydrogen-bond donors (Lipinski definition) is 1. The van der Waals surface area contributed by atoms with Crippen molar-refractivity contribution in [1.82, 2.24) is 4.90 Å². The summed E-state index contributed by atoms with van der Waals surface area (Å²) in [4.78, 5) is 2.49. The van der Waals surface area contributed by atoms with E-state index < -0.39 is 0 Å². The van der Waals surface area contributed by atoms with Gasteiger partial charge >= 0.3 is 0 Å². The van der Waals surface area contributed by atoms with Gasteiger partial charge in [0.1, 0.15) is 0 Å². The van der Waals surface area contributed by atoms with Crippen molar-refractivity contribution in [3.05, 3.63) is 0 Å². The number of hydrogen-bond acceptors (Lipinski definition) is 2. The van der Waals surface area contributed by atoms with E-state index >= 15 is 0 Å². The van der Waals surface area contributed by atoms with Crippen LogP contribution >= 0.6 is 0 Å². The predicted molar refractivity (Wildman–Crippen MR) is 73.6 cm³/mol. The zero-order valence-corrected chi connectivity index (χ0v) is 12.2. The molecule has 0 aliphatic rings. The molecule has 0 bridgehead atoms. The fourth-order valence-electron chi connectivity index (χ4n) is 2.56. The molecule has 0 saturated carbocycles. The van der Waals surface area contributed by atoms with Crippen LogP contribution in [0.4, 0.5) is 0 Å². The highest BCUT2D eigenvalue weighted by atomic mass is 15.1. The summed E-state index contributed by atoms with van der Waals surface area (Å²) in [5, 5.41) is 0. The molecular formula is C14H32N2. The predicted octanol–water partition coefficient (Wildman–Crippen LogP) is 3.12. The Morgan fingerprint density at radius 2 is 1.62 bits per heavy atom. The Morgan fingerprint density at radius 1 is 1.12 bits per heavy atom. The first kappa shape index (κ1) is 15.9. The van der Waals surface area contributed by atoms with Gasteiger partial charge in [-0.25, -0.2) is 0 Å². The lowest BCUT2D eigenvalue weighted by Gasteiger charge is -2.32. The van der Waals surface area contributed by atoms with Crippen molar-refractivity contribution < 1.29 is 0 Å². The highest BCUT2D eigenvalue weighted by Gasteiger charge is 2.20. The van der Waals surface area contributed by atoms with Crippen molar-refractivity contribution >= 4 is 0 Å². The maximum atomic E-state index is 5.88. The molecule has 2 heteroatoms. The van der Waals surface area contributed by atoms with Gasteiger partial charge in [-0.1, -0.05) is 34.6 Å². The monoisotopic (exact) mass is 228 g/mol. The van der Waals surface area contributed by atoms with Gasteiger partial charge in [0.2, 0.25) is 0 Å². The second-order valence-corrected chi connectivity index (χ2v) is 6.28. The molecule has 0 aliphatic carbocycles. The molecule has 0 radical (unpaired) electrons. The van der Waals surface area contributed by atoms with Crippen LogP contribution in [0.1, 0.15) is 53.9 Å². The Labute approximate surface area is 103 Å². The summed E-state index contributed by atoms with van der Waals surface area (Å²) < 4.78 is 0. The van der Waals surface area contributed by atoms with Crippen LogP contribution in [0.5, 0.6) is 0 Å². The first-order chi connectivity index (χ1) is 7.34. The Balaban J connectivity index is 4.20. The number of nitrogens with zero attached hydrogens (tertiary/aromatic N) is 1. The van der Waals surface area contributed by atoms with Gasteiger partial charge in [0, 0.05) is 12.6 Å². The highest BCUT2D eigenvalue weighted by molar-refractivity contribution is 4.75. The molecule has 2 N–H and O–H groups in total. The second kappa shape index (κ2) is 7.29. The molecule has 1 atom stereocenters. The van der Waals surface area contributed by atoms with E-state index in [1.165, 1.54) is 19.3 Å². The fraction of sp³-hybridized carbons (Fsp3) is 1.00. The number of nitrogens with two attached hydrogens (primary N) is 1. The van der Waals surface area contributed by atoms with Crippen molar-refractivity contribution in [3.63, 3.8) is 0 Å². The Hall–Kier alpha value is -0.0800. The van der Waals surface area contributed by atoms with Gasteiger partial charge < -0.3 is 10.6 Å². The molecular weight excluding hydrogens is 196 g/mol.